The number of aliphatic carboxylic acids is 1. The number of nitrogens with zero attached hydrogens (tertiary/aromatic N) is 1. The third-order valence-electron chi connectivity index (χ3n) is 6.08. The third kappa shape index (κ3) is 5.34. The smallest absolute Gasteiger partial charge is 0.407 e. The number of fused-ring (bicyclic) bond motifs is 3. The summed E-state index contributed by atoms with van der Waals surface area (Å²) in [5.41, 5.74) is 4.59. The Kier molecular flexibility index (Phi) is 6.93. The van der Waals surface area contributed by atoms with Gasteiger partial charge in [0.25, 0.3) is 0 Å². The molecule has 2 aromatic rings. The first-order chi connectivity index (χ1) is 15.9. The summed E-state index contributed by atoms with van der Waals surface area (Å²) in [5.74, 6) is -1.14. The number of amides is 2. The molecule has 1 unspecified atom stereocenters. The van der Waals surface area contributed by atoms with Crippen LogP contribution in [0.25, 0.3) is 11.1 Å². The first kappa shape index (κ1) is 22.8. The number of carboxylic acids is 1. The molecule has 174 valence electrons. The lowest BCUT2D eigenvalue weighted by Crippen LogP contribution is -2.48. The molecule has 0 spiro atoms. The van der Waals surface area contributed by atoms with Crippen molar-refractivity contribution < 1.29 is 29.0 Å². The van der Waals surface area contributed by atoms with Gasteiger partial charge in [0.05, 0.1) is 19.1 Å². The van der Waals surface area contributed by atoms with E-state index in [2.05, 4.69) is 29.6 Å². The van der Waals surface area contributed by atoms with Gasteiger partial charge in [-0.05, 0) is 29.2 Å². The van der Waals surface area contributed by atoms with E-state index in [1.54, 1.807) is 11.8 Å². The second kappa shape index (κ2) is 10.0. The number of carbonyl (C=O) groups is 3. The van der Waals surface area contributed by atoms with Gasteiger partial charge in [-0.1, -0.05) is 48.5 Å². The van der Waals surface area contributed by atoms with Crippen molar-refractivity contribution in [3.05, 3.63) is 59.7 Å². The zero-order valence-electron chi connectivity index (χ0n) is 18.5. The van der Waals surface area contributed by atoms with Crippen LogP contribution in [0.3, 0.4) is 0 Å². The topological polar surface area (TPSA) is 105 Å². The molecular formula is C25H28N2O6. The number of hydrogen-bond donors (Lipinski definition) is 2. The molecule has 0 saturated carbocycles. The van der Waals surface area contributed by atoms with Crippen molar-refractivity contribution in [2.75, 3.05) is 26.3 Å². The second-order valence-electron chi connectivity index (χ2n) is 8.51. The van der Waals surface area contributed by atoms with Crippen molar-refractivity contribution >= 4 is 18.0 Å². The highest BCUT2D eigenvalue weighted by molar-refractivity contribution is 5.80. The maximum atomic E-state index is 12.6. The van der Waals surface area contributed by atoms with E-state index in [9.17, 15) is 14.4 Å². The normalized spacial score (nSPS) is 18.2. The van der Waals surface area contributed by atoms with Crippen LogP contribution >= 0.6 is 0 Å². The highest BCUT2D eigenvalue weighted by Gasteiger charge is 2.30. The lowest BCUT2D eigenvalue weighted by Gasteiger charge is -2.33. The maximum Gasteiger partial charge on any atom is 0.407 e. The first-order valence-corrected chi connectivity index (χ1v) is 11.1. The summed E-state index contributed by atoms with van der Waals surface area (Å²) in [5, 5.41) is 11.7. The molecule has 2 atom stereocenters. The van der Waals surface area contributed by atoms with Crippen LogP contribution in [0.4, 0.5) is 4.79 Å². The van der Waals surface area contributed by atoms with Crippen molar-refractivity contribution in [1.29, 1.82) is 0 Å². The van der Waals surface area contributed by atoms with E-state index < -0.39 is 24.2 Å². The minimum atomic E-state index is -0.959. The van der Waals surface area contributed by atoms with Gasteiger partial charge >= 0.3 is 12.1 Å². The number of benzene rings is 2. The number of morpholine rings is 1. The molecule has 1 fully saturated rings. The Hall–Kier alpha value is -3.39. The molecule has 2 N–H and O–H groups in total. The summed E-state index contributed by atoms with van der Waals surface area (Å²) in [4.78, 5) is 37.5. The number of rotatable bonds is 7. The predicted molar refractivity (Wildman–Crippen MR) is 121 cm³/mol. The molecular weight excluding hydrogens is 424 g/mol. The number of carbonyl (C=O) groups excluding carboxylic acids is 2. The van der Waals surface area contributed by atoms with Crippen molar-refractivity contribution in [3.63, 3.8) is 0 Å². The predicted octanol–water partition coefficient (Wildman–Crippen LogP) is 3.01. The molecule has 1 heterocycles. The van der Waals surface area contributed by atoms with Gasteiger partial charge in [0, 0.05) is 31.5 Å². The van der Waals surface area contributed by atoms with Gasteiger partial charge in [-0.3, -0.25) is 9.59 Å². The SMILES string of the molecule is C[C@@H](CC(=O)N1CCOC(CC(=O)O)C1)NC(=O)OCC1c2ccccc2-c2ccccc21. The molecule has 4 rings (SSSR count). The molecule has 2 aromatic carbocycles. The molecule has 1 aliphatic heterocycles. The van der Waals surface area contributed by atoms with Crippen LogP contribution in [0, 0.1) is 0 Å². The minimum absolute atomic E-state index is 0.0281. The Morgan fingerprint density at radius 3 is 2.39 bits per heavy atom. The Bertz CT molecular complexity index is 994. The molecule has 8 heteroatoms. The quantitative estimate of drug-likeness (QED) is 0.669. The first-order valence-electron chi connectivity index (χ1n) is 11.1. The van der Waals surface area contributed by atoms with E-state index in [4.69, 9.17) is 14.6 Å². The molecule has 0 radical (unpaired) electrons. The summed E-state index contributed by atoms with van der Waals surface area (Å²) >= 11 is 0. The van der Waals surface area contributed by atoms with Crippen LogP contribution in [0.5, 0.6) is 0 Å². The molecule has 1 aliphatic carbocycles. The van der Waals surface area contributed by atoms with Crippen LogP contribution in [0.2, 0.25) is 0 Å². The third-order valence-corrected chi connectivity index (χ3v) is 6.08. The summed E-state index contributed by atoms with van der Waals surface area (Å²) in [6.45, 7) is 2.91. The molecule has 0 aromatic heterocycles. The van der Waals surface area contributed by atoms with Crippen molar-refractivity contribution in [2.24, 2.45) is 0 Å². The van der Waals surface area contributed by atoms with Crippen LogP contribution in [-0.2, 0) is 19.1 Å². The summed E-state index contributed by atoms with van der Waals surface area (Å²) in [6, 6.07) is 15.8. The molecule has 0 bridgehead atoms. The highest BCUT2D eigenvalue weighted by Crippen LogP contribution is 2.44. The number of ether oxygens (including phenoxy) is 2. The zero-order valence-corrected chi connectivity index (χ0v) is 18.5. The fourth-order valence-electron chi connectivity index (χ4n) is 4.55. The Morgan fingerprint density at radius 1 is 1.12 bits per heavy atom. The summed E-state index contributed by atoms with van der Waals surface area (Å²) in [7, 11) is 0. The highest BCUT2D eigenvalue weighted by atomic mass is 16.5. The molecule has 2 amide bonds. The monoisotopic (exact) mass is 452 g/mol. The minimum Gasteiger partial charge on any atom is -0.481 e. The van der Waals surface area contributed by atoms with E-state index in [1.807, 2.05) is 24.3 Å². The van der Waals surface area contributed by atoms with E-state index in [-0.39, 0.29) is 37.8 Å². The molecule has 1 saturated heterocycles. The summed E-state index contributed by atoms with van der Waals surface area (Å²) < 4.78 is 10.9. The van der Waals surface area contributed by atoms with Crippen LogP contribution < -0.4 is 5.32 Å². The van der Waals surface area contributed by atoms with Gasteiger partial charge in [0.15, 0.2) is 0 Å². The van der Waals surface area contributed by atoms with E-state index >= 15 is 0 Å². The van der Waals surface area contributed by atoms with E-state index in [0.717, 1.165) is 22.3 Å². The largest absolute Gasteiger partial charge is 0.481 e. The lowest BCUT2D eigenvalue weighted by molar-refractivity contribution is -0.147. The average Bonchev–Trinajstić information content (AvgIpc) is 3.11. The number of hydrogen-bond acceptors (Lipinski definition) is 5. The van der Waals surface area contributed by atoms with Crippen LogP contribution in [-0.4, -0.2) is 66.4 Å². The number of alkyl carbamates (subject to hydrolysis) is 1. The summed E-state index contributed by atoms with van der Waals surface area (Å²) in [6.07, 6.45) is -1.12. The Morgan fingerprint density at radius 2 is 1.76 bits per heavy atom. The Balaban J connectivity index is 1.28. The average molecular weight is 453 g/mol. The fourth-order valence-corrected chi connectivity index (χ4v) is 4.55. The van der Waals surface area contributed by atoms with Gasteiger partial charge in [-0.25, -0.2) is 4.79 Å². The van der Waals surface area contributed by atoms with Crippen molar-refractivity contribution in [3.8, 4) is 11.1 Å². The molecule has 2 aliphatic rings. The maximum absolute atomic E-state index is 12.6. The van der Waals surface area contributed by atoms with Gasteiger partial charge < -0.3 is 24.8 Å². The van der Waals surface area contributed by atoms with Crippen molar-refractivity contribution in [1.82, 2.24) is 10.2 Å². The van der Waals surface area contributed by atoms with E-state index in [1.165, 1.54) is 0 Å². The fraction of sp³-hybridized carbons (Fsp3) is 0.400. The lowest BCUT2D eigenvalue weighted by atomic mass is 9.98. The zero-order chi connectivity index (χ0) is 23.4. The molecule has 8 nitrogen and oxygen atoms in total. The number of nitrogens with one attached hydrogen (secondary N) is 1. The Labute approximate surface area is 192 Å². The van der Waals surface area contributed by atoms with Gasteiger partial charge in [0.2, 0.25) is 5.91 Å². The van der Waals surface area contributed by atoms with E-state index in [0.29, 0.717) is 13.2 Å². The van der Waals surface area contributed by atoms with Gasteiger partial charge in [0.1, 0.15) is 6.61 Å². The van der Waals surface area contributed by atoms with Crippen LogP contribution in [0.1, 0.15) is 36.8 Å². The van der Waals surface area contributed by atoms with Gasteiger partial charge in [-0.15, -0.1) is 0 Å². The molecule has 33 heavy (non-hydrogen) atoms. The second-order valence-corrected chi connectivity index (χ2v) is 8.51. The van der Waals surface area contributed by atoms with Crippen LogP contribution in [0.15, 0.2) is 48.5 Å². The number of carboxylic acid groups (broad SMARTS) is 1. The van der Waals surface area contributed by atoms with Crippen molar-refractivity contribution in [2.45, 2.75) is 37.8 Å². The standard InChI is InChI=1S/C25H28N2O6/c1-16(12-23(28)27-10-11-32-17(14-27)13-24(29)30)26-25(31)33-15-22-20-8-4-2-6-18(20)19-7-3-5-9-21(19)22/h2-9,16-17,22H,10-15H2,1H3,(H,26,31)(H,29,30)/t16-,17?/m0/s1. The van der Waals surface area contributed by atoms with Gasteiger partial charge in [-0.2, -0.15) is 0 Å².